The molecule has 1 aromatic carbocycles. The van der Waals surface area contributed by atoms with Crippen molar-refractivity contribution in [3.8, 4) is 5.75 Å². The van der Waals surface area contributed by atoms with Crippen molar-refractivity contribution in [1.82, 2.24) is 4.90 Å². The average molecular weight is 347 g/mol. The Morgan fingerprint density at radius 3 is 2.88 bits per heavy atom. The van der Waals surface area contributed by atoms with E-state index in [0.717, 1.165) is 18.6 Å². The molecule has 26 heavy (non-hydrogen) atoms. The van der Waals surface area contributed by atoms with Crippen LogP contribution < -0.4 is 4.74 Å². The summed E-state index contributed by atoms with van der Waals surface area (Å²) in [5.41, 5.74) is 4.52. The number of carbonyl (C=O) groups excluding carboxylic acids is 1. The third-order valence-electron chi connectivity index (χ3n) is 9.59. The third kappa shape index (κ3) is 1.04. The van der Waals surface area contributed by atoms with Gasteiger partial charge in [-0.05, 0) is 51.3 Å². The van der Waals surface area contributed by atoms with E-state index in [0.29, 0.717) is 11.8 Å². The fourth-order valence-electron chi connectivity index (χ4n) is 8.71. The number of benzene rings is 1. The molecular formula is C23H25NO2. The lowest BCUT2D eigenvalue weighted by Gasteiger charge is -2.63. The third-order valence-corrected chi connectivity index (χ3v) is 9.59. The number of hydrogen-bond acceptors (Lipinski definition) is 3. The summed E-state index contributed by atoms with van der Waals surface area (Å²) in [5, 5.41) is 0. The highest BCUT2D eigenvalue weighted by Crippen LogP contribution is 2.84. The lowest BCUT2D eigenvalue weighted by molar-refractivity contribution is -0.144. The summed E-state index contributed by atoms with van der Waals surface area (Å²) in [4.78, 5) is 15.3. The Bertz CT molecular complexity index is 981. The van der Waals surface area contributed by atoms with Crippen molar-refractivity contribution in [2.45, 2.75) is 63.1 Å². The second-order valence-electron chi connectivity index (χ2n) is 10.3. The quantitative estimate of drug-likeness (QED) is 0.577. The lowest BCUT2D eigenvalue weighted by Crippen LogP contribution is -2.68. The van der Waals surface area contributed by atoms with Crippen molar-refractivity contribution < 1.29 is 9.53 Å². The standard InChI is InChI=1S/C23H25NO2/c1-12-5-6-14-9-22-11-23-16(14)17(12)26-19(23)20(3)7-8-21(23,18(22)24(22)4)10-15(20)13(2)25/h5-8,15,18-19H,9-11H2,1-4H3/t15?,18-,19?,20?,21?,22?,23-,24?/m0/s1. The minimum atomic E-state index is -0.190. The van der Waals surface area contributed by atoms with Gasteiger partial charge in [0, 0.05) is 39.3 Å². The van der Waals surface area contributed by atoms with Gasteiger partial charge in [-0.1, -0.05) is 31.2 Å². The van der Waals surface area contributed by atoms with Gasteiger partial charge in [-0.25, -0.2) is 0 Å². The van der Waals surface area contributed by atoms with E-state index in [1.54, 1.807) is 6.92 Å². The molecule has 4 bridgehead atoms. The van der Waals surface area contributed by atoms with Crippen LogP contribution in [0.25, 0.3) is 0 Å². The van der Waals surface area contributed by atoms with E-state index >= 15 is 0 Å². The molecule has 6 unspecified atom stereocenters. The van der Waals surface area contributed by atoms with Crippen LogP contribution in [-0.4, -0.2) is 35.4 Å². The van der Waals surface area contributed by atoms with Crippen LogP contribution in [0.3, 0.4) is 0 Å². The molecule has 0 aromatic heterocycles. The number of aryl methyl sites for hydroxylation is 1. The maximum atomic E-state index is 12.7. The van der Waals surface area contributed by atoms with E-state index in [-0.39, 0.29) is 33.8 Å². The van der Waals surface area contributed by atoms with E-state index < -0.39 is 0 Å². The second-order valence-corrected chi connectivity index (χ2v) is 10.3. The average Bonchev–Trinajstić information content (AvgIpc) is 2.92. The van der Waals surface area contributed by atoms with Crippen LogP contribution in [0.2, 0.25) is 0 Å². The van der Waals surface area contributed by atoms with Crippen molar-refractivity contribution in [3.05, 3.63) is 41.0 Å². The van der Waals surface area contributed by atoms with Gasteiger partial charge in [0.1, 0.15) is 17.6 Å². The highest BCUT2D eigenvalue weighted by atomic mass is 16.5. The van der Waals surface area contributed by atoms with Gasteiger partial charge in [0.15, 0.2) is 0 Å². The number of likely N-dealkylation sites (tertiary alicyclic amines) is 1. The van der Waals surface area contributed by atoms with Crippen molar-refractivity contribution in [2.24, 2.45) is 16.7 Å². The number of carbonyl (C=O) groups is 1. The van der Waals surface area contributed by atoms with Gasteiger partial charge in [0.05, 0.1) is 0 Å². The van der Waals surface area contributed by atoms with Crippen LogP contribution in [0.15, 0.2) is 24.3 Å². The Kier molecular flexibility index (Phi) is 1.98. The summed E-state index contributed by atoms with van der Waals surface area (Å²) in [6, 6.07) is 5.16. The summed E-state index contributed by atoms with van der Waals surface area (Å²) in [7, 11) is 2.30. The number of hydrogen-bond donors (Lipinski definition) is 0. The predicted octanol–water partition coefficient (Wildman–Crippen LogP) is 3.18. The topological polar surface area (TPSA) is 29.3 Å². The molecule has 8 atom stereocenters. The number of rotatable bonds is 1. The number of nitrogens with zero attached hydrogens (tertiary/aromatic N) is 1. The SMILES string of the molecule is CC(=O)C1CC23C=CC1(C)C1Oc4c(C)ccc5c4[C@@]12CC1(C5)[C@H]3N1C. The maximum Gasteiger partial charge on any atom is 0.133 e. The molecule has 1 aromatic rings. The first-order valence-electron chi connectivity index (χ1n) is 10.1. The molecule has 1 saturated heterocycles. The predicted molar refractivity (Wildman–Crippen MR) is 98.3 cm³/mol. The summed E-state index contributed by atoms with van der Waals surface area (Å²) in [6.07, 6.45) is 8.37. The minimum absolute atomic E-state index is 0.0603. The summed E-state index contributed by atoms with van der Waals surface area (Å²) < 4.78 is 6.84. The molecule has 3 spiro atoms. The zero-order chi connectivity index (χ0) is 17.9. The molecular weight excluding hydrogens is 322 g/mol. The molecule has 0 radical (unpaired) electrons. The second kappa shape index (κ2) is 3.56. The number of fused-ring (bicyclic) bond motifs is 1. The Morgan fingerprint density at radius 2 is 2.12 bits per heavy atom. The highest BCUT2D eigenvalue weighted by molar-refractivity contribution is 5.82. The minimum Gasteiger partial charge on any atom is -0.488 e. The number of piperidine rings is 1. The first kappa shape index (κ1) is 14.4. The number of ether oxygens (including phenoxy) is 1. The molecule has 2 saturated carbocycles. The van der Waals surface area contributed by atoms with Crippen LogP contribution in [0.4, 0.5) is 0 Å². The van der Waals surface area contributed by atoms with Crippen LogP contribution >= 0.6 is 0 Å². The van der Waals surface area contributed by atoms with Gasteiger partial charge in [0.2, 0.25) is 0 Å². The largest absolute Gasteiger partial charge is 0.488 e. The van der Waals surface area contributed by atoms with Crippen molar-refractivity contribution in [2.75, 3.05) is 7.05 Å². The molecule has 134 valence electrons. The Hall–Kier alpha value is -1.61. The monoisotopic (exact) mass is 347 g/mol. The van der Waals surface area contributed by atoms with E-state index in [2.05, 4.69) is 50.1 Å². The normalized spacial score (nSPS) is 55.4. The fraction of sp³-hybridized carbons (Fsp3) is 0.609. The molecule has 2 heterocycles. The lowest BCUT2D eigenvalue weighted by atomic mass is 9.40. The van der Waals surface area contributed by atoms with Crippen LogP contribution in [0, 0.1) is 23.7 Å². The molecule has 5 aliphatic carbocycles. The summed E-state index contributed by atoms with van der Waals surface area (Å²) in [5.74, 6) is 1.56. The fourth-order valence-corrected chi connectivity index (χ4v) is 8.71. The molecule has 3 heteroatoms. The van der Waals surface area contributed by atoms with E-state index in [4.69, 9.17) is 4.74 Å². The zero-order valence-electron chi connectivity index (χ0n) is 15.9. The molecule has 7 aliphatic rings. The highest BCUT2D eigenvalue weighted by Gasteiger charge is 2.89. The Morgan fingerprint density at radius 1 is 1.31 bits per heavy atom. The molecule has 0 N–H and O–H groups in total. The number of ketones is 1. The molecule has 0 amide bonds. The van der Waals surface area contributed by atoms with Crippen LogP contribution in [0.5, 0.6) is 5.75 Å². The van der Waals surface area contributed by atoms with Gasteiger partial charge in [0.25, 0.3) is 0 Å². The molecule has 8 rings (SSSR count). The van der Waals surface area contributed by atoms with E-state index in [9.17, 15) is 4.79 Å². The summed E-state index contributed by atoms with van der Waals surface area (Å²) >= 11 is 0. The maximum absolute atomic E-state index is 12.7. The van der Waals surface area contributed by atoms with Crippen molar-refractivity contribution >= 4 is 5.78 Å². The smallest absolute Gasteiger partial charge is 0.133 e. The Balaban J connectivity index is 1.62. The summed E-state index contributed by atoms with van der Waals surface area (Å²) in [6.45, 7) is 6.26. The van der Waals surface area contributed by atoms with Crippen molar-refractivity contribution in [3.63, 3.8) is 0 Å². The molecule has 3 nitrogen and oxygen atoms in total. The van der Waals surface area contributed by atoms with Crippen LogP contribution in [-0.2, 0) is 16.6 Å². The number of Topliss-reactive ketones (excluding diaryl/α,β-unsaturated/α-hetero) is 1. The number of likely N-dealkylation sites (N-methyl/N-ethyl adjacent to an activating group) is 1. The zero-order valence-corrected chi connectivity index (χ0v) is 15.9. The molecule has 2 aliphatic heterocycles. The van der Waals surface area contributed by atoms with Gasteiger partial charge in [-0.2, -0.15) is 0 Å². The van der Waals surface area contributed by atoms with Gasteiger partial charge < -0.3 is 4.74 Å². The van der Waals surface area contributed by atoms with E-state index in [1.165, 1.54) is 23.1 Å². The Labute approximate surface area is 154 Å². The first-order chi connectivity index (χ1) is 12.3. The van der Waals surface area contributed by atoms with Crippen molar-refractivity contribution in [1.29, 1.82) is 0 Å². The van der Waals surface area contributed by atoms with E-state index in [1.807, 2.05) is 0 Å². The van der Waals surface area contributed by atoms with Crippen LogP contribution in [0.1, 0.15) is 43.4 Å². The van der Waals surface area contributed by atoms with Gasteiger partial charge in [-0.15, -0.1) is 0 Å². The first-order valence-corrected chi connectivity index (χ1v) is 10.1. The molecule has 3 fully saturated rings. The van der Waals surface area contributed by atoms with Gasteiger partial charge in [-0.3, -0.25) is 9.69 Å². The van der Waals surface area contributed by atoms with Gasteiger partial charge >= 0.3 is 0 Å².